The minimum atomic E-state index is -3.60. The average Bonchev–Trinajstić information content (AvgIpc) is 3.43. The Morgan fingerprint density at radius 1 is 1.03 bits per heavy atom. The van der Waals surface area contributed by atoms with E-state index in [9.17, 15) is 13.2 Å². The van der Waals surface area contributed by atoms with Crippen molar-refractivity contribution in [3.8, 4) is 5.69 Å². The molecule has 1 fully saturated rings. The number of hydrogen-bond acceptors (Lipinski definition) is 6. The third kappa shape index (κ3) is 4.31. The first kappa shape index (κ1) is 22.1. The van der Waals surface area contributed by atoms with Crippen molar-refractivity contribution in [2.75, 3.05) is 31.6 Å². The van der Waals surface area contributed by atoms with Crippen molar-refractivity contribution in [2.45, 2.75) is 23.3 Å². The lowest BCUT2D eigenvalue weighted by Crippen LogP contribution is -2.40. The Morgan fingerprint density at radius 2 is 1.73 bits per heavy atom. The lowest BCUT2D eigenvalue weighted by molar-refractivity contribution is 0.0730. The molecule has 2 aliphatic heterocycles. The van der Waals surface area contributed by atoms with Crippen LogP contribution in [0, 0.1) is 6.92 Å². The van der Waals surface area contributed by atoms with E-state index in [4.69, 9.17) is 9.84 Å². The molecule has 10 heteroatoms. The number of carbonyl (C=O) groups excluding carboxylic acids is 1. The number of hydrogen-bond donors (Lipinski definition) is 1. The van der Waals surface area contributed by atoms with Gasteiger partial charge in [-0.25, -0.2) is 13.1 Å². The van der Waals surface area contributed by atoms with Gasteiger partial charge in [0, 0.05) is 35.7 Å². The standard InChI is InChI=1S/C23H24N4O4S2/c1-16-2-6-18(7-3-16)27-22(20-14-32-15-21(20)25-27)24-23(28)17-4-8-19(9-5-17)33(29,30)26-10-12-31-13-11-26/h2-9H,10-15H2,1H3,(H,24,28). The molecule has 3 aromatic rings. The molecule has 2 aliphatic rings. The maximum absolute atomic E-state index is 13.1. The maximum Gasteiger partial charge on any atom is 0.256 e. The lowest BCUT2D eigenvalue weighted by atomic mass is 10.2. The fraction of sp³-hybridized carbons (Fsp3) is 0.304. The molecule has 0 aliphatic carbocycles. The summed E-state index contributed by atoms with van der Waals surface area (Å²) in [5.74, 6) is 1.95. The van der Waals surface area contributed by atoms with Gasteiger partial charge < -0.3 is 10.1 Å². The Bertz CT molecular complexity index is 1280. The molecule has 2 aromatic carbocycles. The van der Waals surface area contributed by atoms with Crippen LogP contribution in [0.2, 0.25) is 0 Å². The highest BCUT2D eigenvalue weighted by Gasteiger charge is 2.27. The van der Waals surface area contributed by atoms with Gasteiger partial charge in [0.25, 0.3) is 5.91 Å². The molecule has 0 spiro atoms. The van der Waals surface area contributed by atoms with Crippen LogP contribution in [-0.2, 0) is 26.3 Å². The summed E-state index contributed by atoms with van der Waals surface area (Å²) in [7, 11) is -3.60. The molecule has 5 rings (SSSR count). The van der Waals surface area contributed by atoms with Gasteiger partial charge in [-0.15, -0.1) is 0 Å². The van der Waals surface area contributed by atoms with Crippen LogP contribution in [0.5, 0.6) is 0 Å². The Morgan fingerprint density at radius 3 is 2.42 bits per heavy atom. The summed E-state index contributed by atoms with van der Waals surface area (Å²) < 4.78 is 34.1. The van der Waals surface area contributed by atoms with E-state index in [1.54, 1.807) is 28.6 Å². The normalized spacial score (nSPS) is 16.5. The van der Waals surface area contributed by atoms with Gasteiger partial charge >= 0.3 is 0 Å². The van der Waals surface area contributed by atoms with E-state index in [0.29, 0.717) is 37.7 Å². The van der Waals surface area contributed by atoms with Gasteiger partial charge in [-0.3, -0.25) is 4.79 Å². The number of aryl methyl sites for hydroxylation is 1. The second kappa shape index (κ2) is 8.94. The maximum atomic E-state index is 13.1. The molecule has 172 valence electrons. The molecule has 8 nitrogen and oxygen atoms in total. The number of benzene rings is 2. The summed E-state index contributed by atoms with van der Waals surface area (Å²) in [6, 6.07) is 14.0. The first-order chi connectivity index (χ1) is 15.9. The number of sulfonamides is 1. The van der Waals surface area contributed by atoms with Crippen LogP contribution in [-0.4, -0.2) is 54.7 Å². The van der Waals surface area contributed by atoms with Crippen molar-refractivity contribution in [2.24, 2.45) is 0 Å². The Balaban J connectivity index is 1.40. The zero-order chi connectivity index (χ0) is 23.0. The van der Waals surface area contributed by atoms with Crippen LogP contribution in [0.3, 0.4) is 0 Å². The zero-order valence-electron chi connectivity index (χ0n) is 18.2. The van der Waals surface area contributed by atoms with Gasteiger partial charge in [-0.2, -0.15) is 21.2 Å². The number of nitrogens with zero attached hydrogens (tertiary/aromatic N) is 3. The summed E-state index contributed by atoms with van der Waals surface area (Å²) in [6.45, 7) is 3.45. The van der Waals surface area contributed by atoms with Gasteiger partial charge in [0.15, 0.2) is 0 Å². The Labute approximate surface area is 197 Å². The molecular weight excluding hydrogens is 460 g/mol. The van der Waals surface area contributed by atoms with Crippen LogP contribution in [0.4, 0.5) is 5.82 Å². The number of anilines is 1. The minimum absolute atomic E-state index is 0.169. The van der Waals surface area contributed by atoms with E-state index in [-0.39, 0.29) is 10.8 Å². The third-order valence-electron chi connectivity index (χ3n) is 5.79. The van der Waals surface area contributed by atoms with Crippen molar-refractivity contribution in [1.29, 1.82) is 0 Å². The molecule has 1 aromatic heterocycles. The van der Waals surface area contributed by atoms with E-state index >= 15 is 0 Å². The smallest absolute Gasteiger partial charge is 0.256 e. The molecule has 0 radical (unpaired) electrons. The third-order valence-corrected chi connectivity index (χ3v) is 8.67. The Hall–Kier alpha value is -2.66. The average molecular weight is 485 g/mol. The van der Waals surface area contributed by atoms with Crippen molar-refractivity contribution in [3.05, 3.63) is 70.9 Å². The SMILES string of the molecule is Cc1ccc(-n2nc3c(c2NC(=O)c2ccc(S(=O)(=O)N4CCOCC4)cc2)CSC3)cc1. The number of thioether (sulfide) groups is 1. The highest BCUT2D eigenvalue weighted by molar-refractivity contribution is 7.98. The minimum Gasteiger partial charge on any atom is -0.379 e. The van der Waals surface area contributed by atoms with Gasteiger partial charge in [-0.05, 0) is 43.3 Å². The molecule has 1 N–H and O–H groups in total. The predicted octanol–water partition coefficient (Wildman–Crippen LogP) is 3.20. The molecule has 1 amide bonds. The molecule has 3 heterocycles. The summed E-state index contributed by atoms with van der Waals surface area (Å²) >= 11 is 1.76. The number of nitrogens with one attached hydrogen (secondary N) is 1. The van der Waals surface area contributed by atoms with E-state index < -0.39 is 10.0 Å². The summed E-state index contributed by atoms with van der Waals surface area (Å²) in [5.41, 5.74) is 4.41. The highest BCUT2D eigenvalue weighted by Crippen LogP contribution is 2.36. The molecule has 0 saturated carbocycles. The fourth-order valence-electron chi connectivity index (χ4n) is 3.91. The van der Waals surface area contributed by atoms with E-state index in [0.717, 1.165) is 34.0 Å². The van der Waals surface area contributed by atoms with Gasteiger partial charge in [0.1, 0.15) is 5.82 Å². The van der Waals surface area contributed by atoms with Crippen molar-refractivity contribution in [3.63, 3.8) is 0 Å². The number of fused-ring (bicyclic) bond motifs is 1. The molecule has 1 saturated heterocycles. The number of ether oxygens (including phenoxy) is 1. The monoisotopic (exact) mass is 484 g/mol. The fourth-order valence-corrected chi connectivity index (χ4v) is 6.35. The Kier molecular flexibility index (Phi) is 6.00. The quantitative estimate of drug-likeness (QED) is 0.598. The predicted molar refractivity (Wildman–Crippen MR) is 127 cm³/mol. The van der Waals surface area contributed by atoms with Crippen LogP contribution in [0.15, 0.2) is 53.4 Å². The van der Waals surface area contributed by atoms with Crippen molar-refractivity contribution in [1.82, 2.24) is 14.1 Å². The molecule has 33 heavy (non-hydrogen) atoms. The second-order valence-corrected chi connectivity index (χ2v) is 10.9. The summed E-state index contributed by atoms with van der Waals surface area (Å²) in [4.78, 5) is 13.2. The van der Waals surface area contributed by atoms with Crippen LogP contribution >= 0.6 is 11.8 Å². The van der Waals surface area contributed by atoms with Gasteiger partial charge in [-0.1, -0.05) is 17.7 Å². The number of morpholine rings is 1. The van der Waals surface area contributed by atoms with Crippen molar-refractivity contribution >= 4 is 33.5 Å². The topological polar surface area (TPSA) is 93.5 Å². The number of rotatable bonds is 5. The first-order valence-electron chi connectivity index (χ1n) is 10.7. The van der Waals surface area contributed by atoms with E-state index in [1.165, 1.54) is 16.4 Å². The first-order valence-corrected chi connectivity index (χ1v) is 13.3. The van der Waals surface area contributed by atoms with E-state index in [2.05, 4.69) is 5.32 Å². The van der Waals surface area contributed by atoms with Crippen LogP contribution in [0.25, 0.3) is 5.69 Å². The number of carbonyl (C=O) groups is 1. The lowest BCUT2D eigenvalue weighted by Gasteiger charge is -2.26. The molecule has 0 atom stereocenters. The summed E-state index contributed by atoms with van der Waals surface area (Å²) in [6.07, 6.45) is 0. The van der Waals surface area contributed by atoms with Gasteiger partial charge in [0.05, 0.1) is 29.5 Å². The largest absolute Gasteiger partial charge is 0.379 e. The van der Waals surface area contributed by atoms with Crippen molar-refractivity contribution < 1.29 is 17.9 Å². The highest BCUT2D eigenvalue weighted by atomic mass is 32.2. The van der Waals surface area contributed by atoms with Crippen LogP contribution in [0.1, 0.15) is 27.2 Å². The van der Waals surface area contributed by atoms with Gasteiger partial charge in [0.2, 0.25) is 10.0 Å². The number of amides is 1. The molecular formula is C23H24N4O4S2. The van der Waals surface area contributed by atoms with Crippen LogP contribution < -0.4 is 5.32 Å². The molecule has 0 bridgehead atoms. The van der Waals surface area contributed by atoms with E-state index in [1.807, 2.05) is 31.2 Å². The summed E-state index contributed by atoms with van der Waals surface area (Å²) in [5, 5.41) is 7.74. The molecule has 0 unspecified atom stereocenters. The number of aromatic nitrogens is 2. The zero-order valence-corrected chi connectivity index (χ0v) is 19.8. The second-order valence-electron chi connectivity index (χ2n) is 8.01.